The van der Waals surface area contributed by atoms with Gasteiger partial charge in [-0.25, -0.2) is 0 Å². The van der Waals surface area contributed by atoms with Crippen molar-refractivity contribution >= 4 is 0 Å². The maximum absolute atomic E-state index is 6.04. The van der Waals surface area contributed by atoms with Gasteiger partial charge >= 0.3 is 0 Å². The molecule has 0 heterocycles. The fraction of sp³-hybridized carbons (Fsp3) is 1.00. The molecule has 0 aromatic heterocycles. The first-order valence-corrected chi connectivity index (χ1v) is 4.92. The van der Waals surface area contributed by atoms with Gasteiger partial charge in [-0.1, -0.05) is 13.8 Å². The molecule has 0 radical (unpaired) electrons. The summed E-state index contributed by atoms with van der Waals surface area (Å²) in [7, 11) is 0. The summed E-state index contributed by atoms with van der Waals surface area (Å²) in [6.45, 7) is 7.46. The molecule has 1 spiro atoms. The normalized spacial score (nSPS) is 49.0. The van der Waals surface area contributed by atoms with Crippen LogP contribution < -0.4 is 5.73 Å². The number of hydrogen-bond acceptors (Lipinski definition) is 2. The standard InChI is InChI=1S/C10H19NO/c1-4-12-7-5-10(6-7)8(11)9(10,2)3/h7-8H,4-6,11H2,1-3H3. The van der Waals surface area contributed by atoms with Crippen molar-refractivity contribution in [1.29, 1.82) is 0 Å². The van der Waals surface area contributed by atoms with Gasteiger partial charge in [0, 0.05) is 12.6 Å². The van der Waals surface area contributed by atoms with Crippen molar-refractivity contribution in [3.63, 3.8) is 0 Å². The van der Waals surface area contributed by atoms with Crippen LogP contribution in [0.15, 0.2) is 0 Å². The highest BCUT2D eigenvalue weighted by molar-refractivity contribution is 5.26. The summed E-state index contributed by atoms with van der Waals surface area (Å²) in [5, 5.41) is 0. The van der Waals surface area contributed by atoms with E-state index in [1.165, 1.54) is 12.8 Å². The number of ether oxygens (including phenoxy) is 1. The smallest absolute Gasteiger partial charge is 0.0587 e. The van der Waals surface area contributed by atoms with Crippen LogP contribution in [0.5, 0.6) is 0 Å². The molecular formula is C10H19NO. The summed E-state index contributed by atoms with van der Waals surface area (Å²) in [5.41, 5.74) is 6.87. The maximum Gasteiger partial charge on any atom is 0.0587 e. The average Bonchev–Trinajstić information content (AvgIpc) is 2.33. The molecule has 1 unspecified atom stereocenters. The molecule has 0 saturated heterocycles. The van der Waals surface area contributed by atoms with Crippen LogP contribution in [0.25, 0.3) is 0 Å². The Kier molecular flexibility index (Phi) is 1.59. The van der Waals surface area contributed by atoms with Gasteiger partial charge in [0.05, 0.1) is 6.10 Å². The van der Waals surface area contributed by atoms with E-state index in [1.807, 2.05) is 0 Å². The summed E-state index contributed by atoms with van der Waals surface area (Å²) >= 11 is 0. The van der Waals surface area contributed by atoms with Crippen LogP contribution in [-0.2, 0) is 4.74 Å². The third-order valence-corrected chi connectivity index (χ3v) is 4.16. The second-order valence-electron chi connectivity index (χ2n) is 4.84. The molecule has 0 aromatic carbocycles. The lowest BCUT2D eigenvalue weighted by atomic mass is 9.73. The van der Waals surface area contributed by atoms with Gasteiger partial charge in [-0.2, -0.15) is 0 Å². The fourth-order valence-corrected chi connectivity index (χ4v) is 2.87. The van der Waals surface area contributed by atoms with Crippen molar-refractivity contribution in [3.05, 3.63) is 0 Å². The van der Waals surface area contributed by atoms with Crippen molar-refractivity contribution in [1.82, 2.24) is 0 Å². The van der Waals surface area contributed by atoms with Gasteiger partial charge in [0.1, 0.15) is 0 Å². The van der Waals surface area contributed by atoms with E-state index in [0.29, 0.717) is 23.0 Å². The minimum absolute atomic E-state index is 0.376. The van der Waals surface area contributed by atoms with Crippen molar-refractivity contribution in [3.8, 4) is 0 Å². The van der Waals surface area contributed by atoms with Crippen LogP contribution >= 0.6 is 0 Å². The predicted octanol–water partition coefficient (Wildman–Crippen LogP) is 1.54. The minimum atomic E-state index is 0.376. The fourth-order valence-electron chi connectivity index (χ4n) is 2.87. The summed E-state index contributed by atoms with van der Waals surface area (Å²) in [6.07, 6.45) is 2.88. The zero-order chi connectivity index (χ0) is 8.98. The Morgan fingerprint density at radius 3 is 2.25 bits per heavy atom. The number of nitrogens with two attached hydrogens (primary N) is 1. The van der Waals surface area contributed by atoms with Crippen LogP contribution in [0, 0.1) is 10.8 Å². The van der Waals surface area contributed by atoms with E-state index in [1.54, 1.807) is 0 Å². The SMILES string of the molecule is CCOC1CC2(C1)C(N)C2(C)C. The molecule has 2 aliphatic rings. The van der Waals surface area contributed by atoms with E-state index in [0.717, 1.165) is 6.61 Å². The van der Waals surface area contributed by atoms with E-state index in [4.69, 9.17) is 10.5 Å². The summed E-state index contributed by atoms with van der Waals surface area (Å²) in [5.74, 6) is 0. The predicted molar refractivity (Wildman–Crippen MR) is 48.8 cm³/mol. The molecule has 2 aliphatic carbocycles. The van der Waals surface area contributed by atoms with Crippen molar-refractivity contribution in [2.75, 3.05) is 6.61 Å². The average molecular weight is 169 g/mol. The quantitative estimate of drug-likeness (QED) is 0.680. The summed E-state index contributed by atoms with van der Waals surface area (Å²) in [4.78, 5) is 0. The number of rotatable bonds is 2. The van der Waals surface area contributed by atoms with Crippen LogP contribution in [0.2, 0.25) is 0 Å². The van der Waals surface area contributed by atoms with Crippen molar-refractivity contribution < 1.29 is 4.74 Å². The van der Waals surface area contributed by atoms with E-state index in [2.05, 4.69) is 20.8 Å². The zero-order valence-corrected chi connectivity index (χ0v) is 8.26. The van der Waals surface area contributed by atoms with Gasteiger partial charge in [0.2, 0.25) is 0 Å². The van der Waals surface area contributed by atoms with Gasteiger partial charge in [-0.3, -0.25) is 0 Å². The Morgan fingerprint density at radius 2 is 1.92 bits per heavy atom. The molecule has 2 nitrogen and oxygen atoms in total. The van der Waals surface area contributed by atoms with Gasteiger partial charge < -0.3 is 10.5 Å². The van der Waals surface area contributed by atoms with Gasteiger partial charge in [-0.05, 0) is 30.6 Å². The van der Waals surface area contributed by atoms with Crippen LogP contribution in [-0.4, -0.2) is 18.8 Å². The van der Waals surface area contributed by atoms with E-state index < -0.39 is 0 Å². The molecule has 0 aliphatic heterocycles. The first-order valence-electron chi connectivity index (χ1n) is 4.92. The molecular weight excluding hydrogens is 150 g/mol. The molecule has 70 valence electrons. The minimum Gasteiger partial charge on any atom is -0.378 e. The Balaban J connectivity index is 1.89. The van der Waals surface area contributed by atoms with Gasteiger partial charge in [-0.15, -0.1) is 0 Å². The monoisotopic (exact) mass is 169 g/mol. The Morgan fingerprint density at radius 1 is 1.42 bits per heavy atom. The Hall–Kier alpha value is -0.0800. The summed E-state index contributed by atoms with van der Waals surface area (Å²) < 4.78 is 5.54. The highest BCUT2D eigenvalue weighted by Crippen LogP contribution is 2.72. The van der Waals surface area contributed by atoms with E-state index in [-0.39, 0.29) is 0 Å². The second-order valence-corrected chi connectivity index (χ2v) is 4.84. The van der Waals surface area contributed by atoms with Crippen molar-refractivity contribution in [2.24, 2.45) is 16.6 Å². The summed E-state index contributed by atoms with van der Waals surface area (Å²) in [6, 6.07) is 0.418. The van der Waals surface area contributed by atoms with Crippen LogP contribution in [0.1, 0.15) is 33.6 Å². The molecule has 2 saturated carbocycles. The van der Waals surface area contributed by atoms with Gasteiger partial charge in [0.15, 0.2) is 0 Å². The Labute approximate surface area is 74.5 Å². The molecule has 12 heavy (non-hydrogen) atoms. The van der Waals surface area contributed by atoms with E-state index in [9.17, 15) is 0 Å². The molecule has 2 fully saturated rings. The molecule has 0 bridgehead atoms. The lowest BCUT2D eigenvalue weighted by Crippen LogP contribution is -2.38. The highest BCUT2D eigenvalue weighted by atomic mass is 16.5. The lowest BCUT2D eigenvalue weighted by molar-refractivity contribution is -0.0479. The Bertz CT molecular complexity index is 194. The third kappa shape index (κ3) is 0.775. The first-order chi connectivity index (χ1) is 5.54. The van der Waals surface area contributed by atoms with E-state index >= 15 is 0 Å². The van der Waals surface area contributed by atoms with Crippen molar-refractivity contribution in [2.45, 2.75) is 45.8 Å². The van der Waals surface area contributed by atoms with Gasteiger partial charge in [0.25, 0.3) is 0 Å². The molecule has 1 atom stereocenters. The topological polar surface area (TPSA) is 35.2 Å². The highest BCUT2D eigenvalue weighted by Gasteiger charge is 2.74. The zero-order valence-electron chi connectivity index (χ0n) is 8.26. The molecule has 0 amide bonds. The van der Waals surface area contributed by atoms with Crippen LogP contribution in [0.4, 0.5) is 0 Å². The maximum atomic E-state index is 6.04. The lowest BCUT2D eigenvalue weighted by Gasteiger charge is -2.38. The largest absolute Gasteiger partial charge is 0.378 e. The first kappa shape index (κ1) is 8.52. The molecule has 0 aromatic rings. The number of hydrogen-bond donors (Lipinski definition) is 1. The second kappa shape index (κ2) is 2.24. The molecule has 2 N–H and O–H groups in total. The van der Waals surface area contributed by atoms with Crippen LogP contribution in [0.3, 0.4) is 0 Å². The third-order valence-electron chi connectivity index (χ3n) is 4.16. The molecule has 2 heteroatoms. The molecule has 2 rings (SSSR count).